The number of anilines is 1. The lowest BCUT2D eigenvalue weighted by Gasteiger charge is -2.40. The molecule has 1 atom stereocenters. The number of carbonyl (C=O) groups is 2. The minimum Gasteiger partial charge on any atom is -0.440 e. The van der Waals surface area contributed by atoms with Crippen LogP contribution in [0.25, 0.3) is 21.8 Å². The van der Waals surface area contributed by atoms with Gasteiger partial charge in [0.25, 0.3) is 0 Å². The molecule has 3 heterocycles. The average molecular weight is 479 g/mol. The Labute approximate surface area is 200 Å². The first-order valence-corrected chi connectivity index (χ1v) is 11.2. The second kappa shape index (κ2) is 8.92. The number of aromatic amines is 1. The van der Waals surface area contributed by atoms with Crippen LogP contribution in [0.3, 0.4) is 0 Å². The van der Waals surface area contributed by atoms with Crippen LogP contribution in [0.1, 0.15) is 18.2 Å². The zero-order valence-corrected chi connectivity index (χ0v) is 19.2. The van der Waals surface area contributed by atoms with E-state index < -0.39 is 12.2 Å². The predicted molar refractivity (Wildman–Crippen MR) is 129 cm³/mol. The van der Waals surface area contributed by atoms with E-state index in [9.17, 15) is 9.59 Å². The summed E-state index contributed by atoms with van der Waals surface area (Å²) in [5, 5.41) is 2.42. The number of piperazine rings is 1. The third kappa shape index (κ3) is 4.52. The van der Waals surface area contributed by atoms with Crippen molar-refractivity contribution in [1.29, 1.82) is 0 Å². The molecule has 0 spiro atoms. The Balaban J connectivity index is 1.35. The Morgan fingerprint density at radius 2 is 2.06 bits per heavy atom. The summed E-state index contributed by atoms with van der Waals surface area (Å²) in [6.45, 7) is 2.74. The highest BCUT2D eigenvalue weighted by Gasteiger charge is 2.34. The summed E-state index contributed by atoms with van der Waals surface area (Å²) in [4.78, 5) is 40.1. The van der Waals surface area contributed by atoms with Gasteiger partial charge < -0.3 is 20.4 Å². The first kappa shape index (κ1) is 22.1. The van der Waals surface area contributed by atoms with Crippen molar-refractivity contribution in [2.45, 2.75) is 26.2 Å². The molecule has 0 saturated carbocycles. The Bertz CT molecular complexity index is 1400. The van der Waals surface area contributed by atoms with Crippen molar-refractivity contribution < 1.29 is 14.3 Å². The van der Waals surface area contributed by atoms with Crippen LogP contribution in [-0.4, -0.2) is 55.9 Å². The Morgan fingerprint density at radius 1 is 1.21 bits per heavy atom. The van der Waals surface area contributed by atoms with Crippen molar-refractivity contribution in [3.05, 3.63) is 65.1 Å². The fourth-order valence-electron chi connectivity index (χ4n) is 4.34. The number of hydrogen-bond donors (Lipinski definition) is 2. The van der Waals surface area contributed by atoms with Crippen LogP contribution in [0.4, 0.5) is 5.82 Å². The zero-order chi connectivity index (χ0) is 23.8. The van der Waals surface area contributed by atoms with Gasteiger partial charge in [-0.2, -0.15) is 0 Å². The summed E-state index contributed by atoms with van der Waals surface area (Å²) in [5.41, 5.74) is 9.39. The molecule has 1 fully saturated rings. The van der Waals surface area contributed by atoms with Crippen LogP contribution < -0.4 is 5.73 Å². The monoisotopic (exact) mass is 478 g/mol. The number of rotatable bonds is 5. The number of nitrogens with one attached hydrogen (secondary N) is 1. The average Bonchev–Trinajstić information content (AvgIpc) is 3.17. The fourth-order valence-corrected chi connectivity index (χ4v) is 4.52. The van der Waals surface area contributed by atoms with Gasteiger partial charge in [-0.1, -0.05) is 17.7 Å². The van der Waals surface area contributed by atoms with Crippen LogP contribution in [0.5, 0.6) is 0 Å². The standard InChI is InChI=1S/C24H23ClN6O3/c1-14(32)34-23-12-30(10-18-8-16-7-17(25)3-5-20(16)29-18)11-22(33)31(23)9-15-2-4-19-21(6-15)27-13-28-24(19)26/h2-8,13,23,29H,9-12H2,1H3,(H2,26,27,28). The van der Waals surface area contributed by atoms with Crippen LogP contribution >= 0.6 is 11.6 Å². The third-order valence-corrected chi connectivity index (χ3v) is 6.10. The molecule has 10 heteroatoms. The highest BCUT2D eigenvalue weighted by Crippen LogP contribution is 2.24. The molecule has 34 heavy (non-hydrogen) atoms. The number of amides is 1. The molecule has 2 aromatic heterocycles. The van der Waals surface area contributed by atoms with Crippen LogP contribution in [0, 0.1) is 0 Å². The number of nitrogens with two attached hydrogens (primary N) is 1. The molecule has 1 amide bonds. The van der Waals surface area contributed by atoms with Crippen LogP contribution in [-0.2, 0) is 27.4 Å². The number of esters is 1. The lowest BCUT2D eigenvalue weighted by molar-refractivity contribution is -0.173. The predicted octanol–water partition coefficient (Wildman–Crippen LogP) is 3.08. The molecule has 3 N–H and O–H groups in total. The van der Waals surface area contributed by atoms with E-state index in [1.807, 2.05) is 47.4 Å². The number of ether oxygens (including phenoxy) is 1. The molecule has 4 aromatic rings. The van der Waals surface area contributed by atoms with E-state index >= 15 is 0 Å². The Kier molecular flexibility index (Phi) is 5.80. The van der Waals surface area contributed by atoms with E-state index in [4.69, 9.17) is 22.1 Å². The van der Waals surface area contributed by atoms with Crippen molar-refractivity contribution in [2.75, 3.05) is 18.8 Å². The maximum absolute atomic E-state index is 13.1. The first-order chi connectivity index (χ1) is 16.4. The molecule has 2 aromatic carbocycles. The number of carbonyl (C=O) groups excluding carboxylic acids is 2. The molecule has 0 bridgehead atoms. The highest BCUT2D eigenvalue weighted by atomic mass is 35.5. The second-order valence-electron chi connectivity index (χ2n) is 8.39. The van der Waals surface area contributed by atoms with Gasteiger partial charge in [0.2, 0.25) is 5.91 Å². The number of nitrogen functional groups attached to an aromatic ring is 1. The highest BCUT2D eigenvalue weighted by molar-refractivity contribution is 6.31. The minimum atomic E-state index is -0.705. The summed E-state index contributed by atoms with van der Waals surface area (Å²) >= 11 is 6.09. The quantitative estimate of drug-likeness (QED) is 0.423. The van der Waals surface area contributed by atoms with Crippen LogP contribution in [0.2, 0.25) is 5.02 Å². The van der Waals surface area contributed by atoms with Crippen molar-refractivity contribution >= 4 is 51.1 Å². The second-order valence-corrected chi connectivity index (χ2v) is 8.83. The van der Waals surface area contributed by atoms with Crippen molar-refractivity contribution in [3.63, 3.8) is 0 Å². The van der Waals surface area contributed by atoms with Gasteiger partial charge in [-0.05, 0) is 42.0 Å². The van der Waals surface area contributed by atoms with Gasteiger partial charge in [-0.15, -0.1) is 0 Å². The molecule has 1 unspecified atom stereocenters. The lowest BCUT2D eigenvalue weighted by Crippen LogP contribution is -2.57. The van der Waals surface area contributed by atoms with Gasteiger partial charge in [-0.3, -0.25) is 14.5 Å². The maximum atomic E-state index is 13.1. The van der Waals surface area contributed by atoms with E-state index in [2.05, 4.69) is 15.0 Å². The number of benzene rings is 2. The molecule has 1 saturated heterocycles. The molecule has 9 nitrogen and oxygen atoms in total. The van der Waals surface area contributed by atoms with Crippen LogP contribution in [0.15, 0.2) is 48.8 Å². The molecule has 0 aliphatic carbocycles. The molecule has 0 radical (unpaired) electrons. The Hall–Kier alpha value is -3.69. The third-order valence-electron chi connectivity index (χ3n) is 5.86. The number of H-pyrrole nitrogens is 1. The first-order valence-electron chi connectivity index (χ1n) is 10.8. The number of halogens is 1. The molecule has 174 valence electrons. The SMILES string of the molecule is CC(=O)OC1CN(Cc2cc3cc(Cl)ccc3[nH]2)CC(=O)N1Cc1ccc2c(N)ncnc2c1. The summed E-state index contributed by atoms with van der Waals surface area (Å²) in [6.07, 6.45) is 0.703. The fraction of sp³-hybridized carbons (Fsp3) is 0.250. The summed E-state index contributed by atoms with van der Waals surface area (Å²) in [6, 6.07) is 13.2. The molecular formula is C24H23ClN6O3. The summed E-state index contributed by atoms with van der Waals surface area (Å²) in [5.74, 6) is -0.166. The van der Waals surface area contributed by atoms with Crippen molar-refractivity contribution in [2.24, 2.45) is 0 Å². The minimum absolute atomic E-state index is 0.126. The van der Waals surface area contributed by atoms with Gasteiger partial charge in [0, 0.05) is 47.0 Å². The summed E-state index contributed by atoms with van der Waals surface area (Å²) in [7, 11) is 0. The summed E-state index contributed by atoms with van der Waals surface area (Å²) < 4.78 is 5.55. The number of hydrogen-bond acceptors (Lipinski definition) is 7. The number of aromatic nitrogens is 3. The van der Waals surface area contributed by atoms with Crippen molar-refractivity contribution in [3.8, 4) is 0 Å². The molecular weight excluding hydrogens is 456 g/mol. The molecule has 1 aliphatic heterocycles. The molecule has 5 rings (SSSR count). The largest absolute Gasteiger partial charge is 0.440 e. The van der Waals surface area contributed by atoms with Gasteiger partial charge in [0.1, 0.15) is 12.1 Å². The Morgan fingerprint density at radius 3 is 2.88 bits per heavy atom. The van der Waals surface area contributed by atoms with Crippen molar-refractivity contribution in [1.82, 2.24) is 24.8 Å². The van der Waals surface area contributed by atoms with E-state index in [1.165, 1.54) is 13.3 Å². The maximum Gasteiger partial charge on any atom is 0.304 e. The van der Waals surface area contributed by atoms with E-state index in [-0.39, 0.29) is 19.0 Å². The van der Waals surface area contributed by atoms with E-state index in [1.54, 1.807) is 4.90 Å². The van der Waals surface area contributed by atoms with Gasteiger partial charge in [0.15, 0.2) is 6.23 Å². The van der Waals surface area contributed by atoms with Gasteiger partial charge in [0.05, 0.1) is 18.6 Å². The lowest BCUT2D eigenvalue weighted by atomic mass is 10.1. The zero-order valence-electron chi connectivity index (χ0n) is 18.5. The number of nitrogens with zero attached hydrogens (tertiary/aromatic N) is 4. The van der Waals surface area contributed by atoms with Gasteiger partial charge >= 0.3 is 5.97 Å². The van der Waals surface area contributed by atoms with E-state index in [0.29, 0.717) is 29.4 Å². The number of fused-ring (bicyclic) bond motifs is 2. The molecule has 1 aliphatic rings. The van der Waals surface area contributed by atoms with Gasteiger partial charge in [-0.25, -0.2) is 9.97 Å². The van der Waals surface area contributed by atoms with E-state index in [0.717, 1.165) is 27.5 Å². The normalized spacial score (nSPS) is 16.9. The topological polar surface area (TPSA) is 117 Å². The smallest absolute Gasteiger partial charge is 0.304 e.